The van der Waals surface area contributed by atoms with Crippen molar-refractivity contribution in [3.63, 3.8) is 0 Å². The topological polar surface area (TPSA) is 52.3 Å². The Morgan fingerprint density at radius 2 is 1.40 bits per heavy atom. The molecule has 8 rings (SSSR count). The molecule has 0 saturated heterocycles. The Bertz CT molecular complexity index is 2560. The minimum atomic E-state index is -2.48. The highest BCUT2D eigenvalue weighted by Crippen LogP contribution is 2.35. The molecule has 47 heavy (non-hydrogen) atoms. The van der Waals surface area contributed by atoms with Crippen molar-refractivity contribution in [3.05, 3.63) is 139 Å². The van der Waals surface area contributed by atoms with E-state index in [2.05, 4.69) is 67.1 Å². The standard InChI is InChI=1S/C41H34N4OSi/c1-27-43-36-21-20-32(46-31-15-10-14-30(24-31)38-25-29(22-23-42-38)28-12-6-5-7-13-28)26-35(36)41-44-37-18-11-17-34(40(37)45(27)41)33-16-8-9-19-39(33)47(2,3)4/h5-26H,1-4H3/i1D3. The van der Waals surface area contributed by atoms with Gasteiger partial charge in [0.05, 0.1) is 30.3 Å². The fourth-order valence-electron chi connectivity index (χ4n) is 6.38. The van der Waals surface area contributed by atoms with Crippen molar-refractivity contribution in [2.24, 2.45) is 0 Å². The highest BCUT2D eigenvalue weighted by Gasteiger charge is 2.23. The number of hydrogen-bond donors (Lipinski definition) is 0. The fourth-order valence-corrected chi connectivity index (χ4v) is 8.00. The van der Waals surface area contributed by atoms with E-state index in [0.29, 0.717) is 33.6 Å². The van der Waals surface area contributed by atoms with Crippen LogP contribution in [0.3, 0.4) is 0 Å². The monoisotopic (exact) mass is 629 g/mol. The molecule has 0 radical (unpaired) electrons. The summed E-state index contributed by atoms with van der Waals surface area (Å²) in [7, 11) is -1.75. The molecule has 0 atom stereocenters. The van der Waals surface area contributed by atoms with Crippen LogP contribution in [-0.4, -0.2) is 27.4 Å². The molecular weight excluding hydrogens is 593 g/mol. The van der Waals surface area contributed by atoms with Crippen molar-refractivity contribution < 1.29 is 8.85 Å². The summed E-state index contributed by atoms with van der Waals surface area (Å²) in [6.07, 6.45) is 1.82. The zero-order valence-corrected chi connectivity index (χ0v) is 27.4. The van der Waals surface area contributed by atoms with Gasteiger partial charge in [0.2, 0.25) is 0 Å². The maximum Gasteiger partial charge on any atom is 0.148 e. The number of hydrogen-bond acceptors (Lipinski definition) is 4. The van der Waals surface area contributed by atoms with E-state index in [0.717, 1.165) is 39.0 Å². The van der Waals surface area contributed by atoms with Crippen molar-refractivity contribution in [3.8, 4) is 45.0 Å². The fraction of sp³-hybridized carbons (Fsp3) is 0.0976. The lowest BCUT2D eigenvalue weighted by Crippen LogP contribution is -2.38. The second-order valence-corrected chi connectivity index (χ2v) is 17.8. The van der Waals surface area contributed by atoms with Crippen LogP contribution in [0.2, 0.25) is 19.6 Å². The second-order valence-electron chi connectivity index (χ2n) is 12.8. The highest BCUT2D eigenvalue weighted by atomic mass is 28.3. The Kier molecular flexibility index (Phi) is 6.17. The molecule has 6 heteroatoms. The SMILES string of the molecule is [2H]C([2H])([2H])c1nc2ccc(Oc3cccc(-c4cc(-c5ccccc5)ccn4)c3)cc2c2nc3cccc(-c4ccccc4[Si](C)(C)C)c3n12. The van der Waals surface area contributed by atoms with E-state index in [1.807, 2.05) is 85.1 Å². The number of imidazole rings is 1. The van der Waals surface area contributed by atoms with E-state index in [1.54, 1.807) is 10.5 Å². The quantitative estimate of drug-likeness (QED) is 0.172. The molecule has 0 amide bonds. The predicted molar refractivity (Wildman–Crippen MR) is 196 cm³/mol. The van der Waals surface area contributed by atoms with Gasteiger partial charge in [-0.15, -0.1) is 0 Å². The average Bonchev–Trinajstić information content (AvgIpc) is 3.51. The molecule has 0 fully saturated rings. The van der Waals surface area contributed by atoms with Gasteiger partial charge < -0.3 is 4.74 Å². The summed E-state index contributed by atoms with van der Waals surface area (Å²) in [5, 5.41) is 2.00. The van der Waals surface area contributed by atoms with Crippen LogP contribution in [0, 0.1) is 6.85 Å². The first-order valence-corrected chi connectivity index (χ1v) is 19.2. The molecule has 0 N–H and O–H groups in total. The van der Waals surface area contributed by atoms with Gasteiger partial charge in [0, 0.05) is 26.8 Å². The zero-order chi connectivity index (χ0) is 34.6. The maximum absolute atomic E-state index is 8.50. The summed E-state index contributed by atoms with van der Waals surface area (Å²) in [4.78, 5) is 14.4. The van der Waals surface area contributed by atoms with Crippen molar-refractivity contribution >= 4 is 40.8 Å². The van der Waals surface area contributed by atoms with Crippen LogP contribution in [0.5, 0.6) is 11.5 Å². The molecule has 0 spiro atoms. The lowest BCUT2D eigenvalue weighted by atomic mass is 10.0. The predicted octanol–water partition coefficient (Wildman–Crippen LogP) is 10.1. The van der Waals surface area contributed by atoms with Crippen LogP contribution in [0.1, 0.15) is 9.94 Å². The summed E-state index contributed by atoms with van der Waals surface area (Å²) < 4.78 is 33.7. The van der Waals surface area contributed by atoms with Gasteiger partial charge in [-0.25, -0.2) is 9.97 Å². The third kappa shape index (κ3) is 5.26. The van der Waals surface area contributed by atoms with Crippen LogP contribution in [0.4, 0.5) is 0 Å². The van der Waals surface area contributed by atoms with Crippen molar-refractivity contribution in [1.82, 2.24) is 19.4 Å². The summed E-state index contributed by atoms with van der Waals surface area (Å²) in [6, 6.07) is 42.1. The number of rotatable bonds is 6. The summed E-state index contributed by atoms with van der Waals surface area (Å²) >= 11 is 0. The third-order valence-corrected chi connectivity index (χ3v) is 10.6. The van der Waals surface area contributed by atoms with Gasteiger partial charge in [-0.2, -0.15) is 0 Å². The van der Waals surface area contributed by atoms with Gasteiger partial charge in [-0.3, -0.25) is 9.38 Å². The number of fused-ring (bicyclic) bond motifs is 5. The van der Waals surface area contributed by atoms with E-state index in [1.165, 1.54) is 5.19 Å². The maximum atomic E-state index is 8.50. The van der Waals surface area contributed by atoms with Crippen molar-refractivity contribution in [2.45, 2.75) is 26.5 Å². The molecule has 0 aliphatic heterocycles. The zero-order valence-electron chi connectivity index (χ0n) is 29.4. The second kappa shape index (κ2) is 11.3. The van der Waals surface area contributed by atoms with Crippen molar-refractivity contribution in [2.75, 3.05) is 0 Å². The molecule has 228 valence electrons. The van der Waals surface area contributed by atoms with Crippen LogP contribution >= 0.6 is 0 Å². The lowest BCUT2D eigenvalue weighted by molar-refractivity contribution is 0.483. The van der Waals surface area contributed by atoms with Crippen LogP contribution in [0.25, 0.3) is 61.1 Å². The van der Waals surface area contributed by atoms with Gasteiger partial charge in [-0.1, -0.05) is 104 Å². The summed E-state index contributed by atoms with van der Waals surface area (Å²) in [6.45, 7) is 4.48. The normalized spacial score (nSPS) is 13.0. The highest BCUT2D eigenvalue weighted by molar-refractivity contribution is 6.89. The molecule has 0 aliphatic rings. The number of para-hydroxylation sites is 1. The average molecular weight is 630 g/mol. The first kappa shape index (κ1) is 25.6. The summed E-state index contributed by atoms with van der Waals surface area (Å²) in [5.41, 5.74) is 8.51. The molecule has 5 nitrogen and oxygen atoms in total. The van der Waals surface area contributed by atoms with Crippen LogP contribution < -0.4 is 9.92 Å². The number of benzene rings is 5. The van der Waals surface area contributed by atoms with Gasteiger partial charge in [0.25, 0.3) is 0 Å². The Hall–Kier alpha value is -5.59. The number of aromatic nitrogens is 4. The minimum absolute atomic E-state index is 0.0213. The molecule has 8 aromatic rings. The molecule has 3 heterocycles. The van der Waals surface area contributed by atoms with E-state index in [9.17, 15) is 0 Å². The molecule has 0 saturated carbocycles. The number of pyridine rings is 1. The molecule has 0 unspecified atom stereocenters. The Labute approximate surface area is 279 Å². The molecule has 3 aromatic heterocycles. The number of aryl methyl sites for hydroxylation is 1. The smallest absolute Gasteiger partial charge is 0.148 e. The molecule has 5 aromatic carbocycles. The number of ether oxygens (including phenoxy) is 1. The first-order chi connectivity index (χ1) is 24.0. The number of nitrogens with zero attached hydrogens (tertiary/aromatic N) is 4. The third-order valence-electron chi connectivity index (χ3n) is 8.58. The Balaban J connectivity index is 1.25. The van der Waals surface area contributed by atoms with Gasteiger partial charge >= 0.3 is 0 Å². The molecule has 0 bridgehead atoms. The van der Waals surface area contributed by atoms with Crippen LogP contribution in [0.15, 0.2) is 134 Å². The van der Waals surface area contributed by atoms with Gasteiger partial charge in [-0.05, 0) is 72.1 Å². The summed E-state index contributed by atoms with van der Waals surface area (Å²) in [5.74, 6) is 1.21. The largest absolute Gasteiger partial charge is 0.457 e. The molecule has 0 aliphatic carbocycles. The van der Waals surface area contributed by atoms with E-state index < -0.39 is 14.9 Å². The van der Waals surface area contributed by atoms with Crippen molar-refractivity contribution in [1.29, 1.82) is 0 Å². The Morgan fingerprint density at radius 3 is 2.26 bits per heavy atom. The lowest BCUT2D eigenvalue weighted by Gasteiger charge is -2.21. The van der Waals surface area contributed by atoms with E-state index in [-0.39, 0.29) is 5.82 Å². The molecular formula is C41H34N4OSi. The van der Waals surface area contributed by atoms with Gasteiger partial charge in [0.1, 0.15) is 23.0 Å². The van der Waals surface area contributed by atoms with E-state index >= 15 is 0 Å². The Morgan fingerprint density at radius 1 is 0.638 bits per heavy atom. The van der Waals surface area contributed by atoms with Crippen LogP contribution in [-0.2, 0) is 0 Å². The minimum Gasteiger partial charge on any atom is -0.457 e. The van der Waals surface area contributed by atoms with Gasteiger partial charge in [0.15, 0.2) is 0 Å². The van der Waals surface area contributed by atoms with E-state index in [4.69, 9.17) is 18.8 Å². The first-order valence-electron chi connectivity index (χ1n) is 17.2.